The topological polar surface area (TPSA) is 51.8 Å². The van der Waals surface area contributed by atoms with Crippen molar-refractivity contribution in [2.45, 2.75) is 32.7 Å². The number of likely N-dealkylation sites (N-methyl/N-ethyl adjacent to an activating group) is 1. The normalized spacial score (nSPS) is 21.7. The molecule has 0 radical (unpaired) electrons. The lowest BCUT2D eigenvalue weighted by Crippen LogP contribution is -2.52. The maximum Gasteiger partial charge on any atom is 0.223 e. The number of hydrogen-bond donors (Lipinski definition) is 1. The monoisotopic (exact) mass is 508 g/mol. The summed E-state index contributed by atoms with van der Waals surface area (Å²) in [7, 11) is 2.12. The van der Waals surface area contributed by atoms with Crippen LogP contribution in [0, 0.1) is 12.3 Å². The van der Waals surface area contributed by atoms with Crippen molar-refractivity contribution >= 4 is 28.4 Å². The average Bonchev–Trinajstić information content (AvgIpc) is 3.33. The van der Waals surface area contributed by atoms with Gasteiger partial charge >= 0.3 is 0 Å². The molecule has 0 bridgehead atoms. The van der Waals surface area contributed by atoms with Gasteiger partial charge in [0.05, 0.1) is 6.61 Å². The van der Waals surface area contributed by atoms with Crippen molar-refractivity contribution in [2.75, 3.05) is 52.9 Å². The van der Waals surface area contributed by atoms with E-state index in [9.17, 15) is 4.79 Å². The van der Waals surface area contributed by atoms with Gasteiger partial charge in [-0.15, -0.1) is 0 Å². The molecule has 5 rings (SSSR count). The second kappa shape index (κ2) is 10.8. The first kappa shape index (κ1) is 25.1. The smallest absolute Gasteiger partial charge is 0.223 e. The van der Waals surface area contributed by atoms with Gasteiger partial charge in [-0.2, -0.15) is 0 Å². The molecule has 1 atom stereocenters. The summed E-state index contributed by atoms with van der Waals surface area (Å²) in [4.78, 5) is 23.6. The highest BCUT2D eigenvalue weighted by molar-refractivity contribution is 6.31. The number of nitrogens with zero attached hydrogens (tertiary/aromatic N) is 3. The molecule has 1 N–H and O–H groups in total. The number of aryl methyl sites for hydroxylation is 1. The summed E-state index contributed by atoms with van der Waals surface area (Å²) in [5.41, 5.74) is 3.25. The van der Waals surface area contributed by atoms with Crippen LogP contribution in [0.25, 0.3) is 10.9 Å². The third-order valence-electron chi connectivity index (χ3n) is 7.82. The van der Waals surface area contributed by atoms with Crippen LogP contribution in [-0.4, -0.2) is 78.5 Å². The zero-order valence-corrected chi connectivity index (χ0v) is 22.2. The molecule has 3 aromatic rings. The fourth-order valence-corrected chi connectivity index (χ4v) is 5.77. The molecule has 192 valence electrons. The van der Waals surface area contributed by atoms with Crippen LogP contribution >= 0.6 is 11.6 Å². The van der Waals surface area contributed by atoms with E-state index in [1.165, 1.54) is 10.9 Å². The summed E-state index contributed by atoms with van der Waals surface area (Å²) in [6.45, 7) is 8.78. The Morgan fingerprint density at radius 3 is 2.72 bits per heavy atom. The van der Waals surface area contributed by atoms with Gasteiger partial charge < -0.3 is 19.5 Å². The van der Waals surface area contributed by atoms with Crippen LogP contribution in [0.1, 0.15) is 30.4 Å². The molecule has 1 amide bonds. The SMILES string of the molecule is Cc1cc(OC[C@]2(CC(=O)N3CCN(C)CC3)CCCN(Cc3ccc4[nH]ccc4c3)C2)ccc1Cl. The van der Waals surface area contributed by atoms with Gasteiger partial charge in [0.1, 0.15) is 5.75 Å². The van der Waals surface area contributed by atoms with Gasteiger partial charge in [0.25, 0.3) is 0 Å². The lowest BCUT2D eigenvalue weighted by Gasteiger charge is -2.43. The van der Waals surface area contributed by atoms with Gasteiger partial charge in [0, 0.05) is 67.8 Å². The molecule has 0 saturated carbocycles. The fraction of sp³-hybridized carbons (Fsp3) is 0.483. The predicted octanol–water partition coefficient (Wildman–Crippen LogP) is 4.96. The van der Waals surface area contributed by atoms with Gasteiger partial charge in [0.15, 0.2) is 0 Å². The maximum absolute atomic E-state index is 13.5. The summed E-state index contributed by atoms with van der Waals surface area (Å²) in [6.07, 6.45) is 4.56. The number of likely N-dealkylation sites (tertiary alicyclic amines) is 1. The molecule has 2 aliphatic rings. The van der Waals surface area contributed by atoms with E-state index >= 15 is 0 Å². The summed E-state index contributed by atoms with van der Waals surface area (Å²) in [5, 5.41) is 1.98. The average molecular weight is 509 g/mol. The number of piperidine rings is 1. The summed E-state index contributed by atoms with van der Waals surface area (Å²) >= 11 is 6.23. The molecule has 3 heterocycles. The number of hydrogen-bond acceptors (Lipinski definition) is 4. The van der Waals surface area contributed by atoms with Crippen molar-refractivity contribution in [3.63, 3.8) is 0 Å². The van der Waals surface area contributed by atoms with Gasteiger partial charge in [0.2, 0.25) is 5.91 Å². The van der Waals surface area contributed by atoms with Crippen LogP contribution in [0.2, 0.25) is 5.02 Å². The number of carbonyl (C=O) groups excluding carboxylic acids is 1. The highest BCUT2D eigenvalue weighted by Gasteiger charge is 2.40. The van der Waals surface area contributed by atoms with E-state index in [-0.39, 0.29) is 11.3 Å². The molecule has 6 nitrogen and oxygen atoms in total. The number of piperazine rings is 1. The van der Waals surface area contributed by atoms with E-state index in [0.29, 0.717) is 13.0 Å². The van der Waals surface area contributed by atoms with Crippen molar-refractivity contribution in [3.05, 3.63) is 64.8 Å². The predicted molar refractivity (Wildman–Crippen MR) is 146 cm³/mol. The number of aromatic nitrogens is 1. The number of benzene rings is 2. The van der Waals surface area contributed by atoms with E-state index in [1.54, 1.807) is 0 Å². The Morgan fingerprint density at radius 2 is 1.92 bits per heavy atom. The van der Waals surface area contributed by atoms with Crippen LogP contribution < -0.4 is 4.74 Å². The zero-order valence-electron chi connectivity index (χ0n) is 21.4. The van der Waals surface area contributed by atoms with Gasteiger partial charge in [-0.05, 0) is 86.3 Å². The number of rotatable bonds is 7. The Morgan fingerprint density at radius 1 is 1.08 bits per heavy atom. The molecule has 36 heavy (non-hydrogen) atoms. The third-order valence-corrected chi connectivity index (χ3v) is 8.25. The molecule has 0 aliphatic carbocycles. The van der Waals surface area contributed by atoms with Gasteiger partial charge in [-0.25, -0.2) is 0 Å². The Labute approximate surface area is 219 Å². The van der Waals surface area contributed by atoms with E-state index in [1.807, 2.05) is 36.2 Å². The standard InChI is InChI=1S/C29H37ClN4O2/c1-22-16-25(5-6-26(22)30)36-21-29(18-28(35)34-14-12-32(2)13-15-34)9-3-11-33(20-29)19-23-4-7-27-24(17-23)8-10-31-27/h4-8,10,16-17,31H,3,9,11-15,18-21H2,1-2H3/t29-/m0/s1. The van der Waals surface area contributed by atoms with Crippen molar-refractivity contribution < 1.29 is 9.53 Å². The van der Waals surface area contributed by atoms with Crippen molar-refractivity contribution in [1.29, 1.82) is 0 Å². The minimum absolute atomic E-state index is 0.218. The molecule has 7 heteroatoms. The molecule has 2 saturated heterocycles. The molecule has 2 aromatic carbocycles. The van der Waals surface area contributed by atoms with E-state index in [4.69, 9.17) is 16.3 Å². The number of nitrogens with one attached hydrogen (secondary N) is 1. The Bertz CT molecular complexity index is 1200. The van der Waals surface area contributed by atoms with Crippen LogP contribution in [0.5, 0.6) is 5.75 Å². The highest BCUT2D eigenvalue weighted by Crippen LogP contribution is 2.36. The van der Waals surface area contributed by atoms with Crippen molar-refractivity contribution in [3.8, 4) is 5.75 Å². The Balaban J connectivity index is 1.32. The lowest BCUT2D eigenvalue weighted by atomic mass is 9.77. The van der Waals surface area contributed by atoms with E-state index in [2.05, 4.69) is 46.1 Å². The van der Waals surface area contributed by atoms with Gasteiger partial charge in [-0.1, -0.05) is 17.7 Å². The van der Waals surface area contributed by atoms with Crippen molar-refractivity contribution in [1.82, 2.24) is 19.7 Å². The van der Waals surface area contributed by atoms with Gasteiger partial charge in [-0.3, -0.25) is 9.69 Å². The first-order valence-electron chi connectivity index (χ1n) is 13.0. The molecular weight excluding hydrogens is 472 g/mol. The second-order valence-corrected chi connectivity index (χ2v) is 11.2. The second-order valence-electron chi connectivity index (χ2n) is 10.8. The largest absolute Gasteiger partial charge is 0.493 e. The van der Waals surface area contributed by atoms with Crippen LogP contribution in [0.4, 0.5) is 0 Å². The maximum atomic E-state index is 13.5. The molecule has 1 aromatic heterocycles. The van der Waals surface area contributed by atoms with E-state index < -0.39 is 0 Å². The van der Waals surface area contributed by atoms with Crippen LogP contribution in [0.3, 0.4) is 0 Å². The van der Waals surface area contributed by atoms with E-state index in [0.717, 1.165) is 80.5 Å². The van der Waals surface area contributed by atoms with Crippen LogP contribution in [0.15, 0.2) is 48.7 Å². The van der Waals surface area contributed by atoms with Crippen LogP contribution in [-0.2, 0) is 11.3 Å². The number of ether oxygens (including phenoxy) is 1. The summed E-state index contributed by atoms with van der Waals surface area (Å²) in [6, 6.07) is 14.6. The zero-order chi connectivity index (χ0) is 25.1. The minimum Gasteiger partial charge on any atom is -0.493 e. The van der Waals surface area contributed by atoms with Crippen molar-refractivity contribution in [2.24, 2.45) is 5.41 Å². The highest BCUT2D eigenvalue weighted by atomic mass is 35.5. The number of carbonyl (C=O) groups is 1. The summed E-state index contributed by atoms with van der Waals surface area (Å²) < 4.78 is 6.37. The summed E-state index contributed by atoms with van der Waals surface area (Å²) in [5.74, 6) is 1.08. The molecule has 2 fully saturated rings. The number of halogens is 1. The number of H-pyrrole nitrogens is 1. The Hall–Kier alpha value is -2.54. The lowest BCUT2D eigenvalue weighted by molar-refractivity contribution is -0.137. The molecule has 0 unspecified atom stereocenters. The fourth-order valence-electron chi connectivity index (χ4n) is 5.65. The Kier molecular flexibility index (Phi) is 7.56. The molecular formula is C29H37ClN4O2. The quantitative estimate of drug-likeness (QED) is 0.490. The minimum atomic E-state index is -0.218. The first-order chi connectivity index (χ1) is 17.4. The number of aromatic amines is 1. The first-order valence-corrected chi connectivity index (χ1v) is 13.4. The molecule has 2 aliphatic heterocycles. The number of fused-ring (bicyclic) bond motifs is 1. The third kappa shape index (κ3) is 5.88. The molecule has 0 spiro atoms. The number of amides is 1.